The van der Waals surface area contributed by atoms with E-state index in [1.54, 1.807) is 25.3 Å². The molecule has 0 saturated carbocycles. The Morgan fingerprint density at radius 2 is 2.33 bits per heavy atom. The molecule has 0 aliphatic carbocycles. The van der Waals surface area contributed by atoms with Crippen LogP contribution in [0.1, 0.15) is 16.9 Å². The number of hydrogen-bond acceptors (Lipinski definition) is 5. The van der Waals surface area contributed by atoms with Crippen molar-refractivity contribution in [2.45, 2.75) is 18.6 Å². The van der Waals surface area contributed by atoms with Gasteiger partial charge in [-0.25, -0.2) is 9.97 Å². The SMILES string of the molecule is COC[C@@H]1C[C@H](OC)CN1C(=O)c1ncnc2[nH]ccc12. The number of carbonyl (C=O) groups excluding carboxylic acids is 1. The van der Waals surface area contributed by atoms with E-state index in [4.69, 9.17) is 9.47 Å². The predicted octanol–water partition coefficient (Wildman–Crippen LogP) is 0.834. The summed E-state index contributed by atoms with van der Waals surface area (Å²) in [6.45, 7) is 1.05. The van der Waals surface area contributed by atoms with Crippen LogP contribution in [0.2, 0.25) is 0 Å². The quantitative estimate of drug-likeness (QED) is 0.902. The number of methoxy groups -OCH3 is 2. The van der Waals surface area contributed by atoms with E-state index in [0.29, 0.717) is 24.5 Å². The first-order valence-corrected chi connectivity index (χ1v) is 6.85. The van der Waals surface area contributed by atoms with E-state index in [9.17, 15) is 4.79 Å². The number of amides is 1. The van der Waals surface area contributed by atoms with Gasteiger partial charge in [0.05, 0.1) is 24.1 Å². The lowest BCUT2D eigenvalue weighted by Crippen LogP contribution is -2.39. The average molecular weight is 290 g/mol. The molecule has 1 amide bonds. The summed E-state index contributed by atoms with van der Waals surface area (Å²) in [5, 5.41) is 0.736. The van der Waals surface area contributed by atoms with Crippen LogP contribution in [-0.2, 0) is 9.47 Å². The lowest BCUT2D eigenvalue weighted by molar-refractivity contribution is 0.0608. The van der Waals surface area contributed by atoms with Gasteiger partial charge in [-0.2, -0.15) is 0 Å². The molecule has 2 aromatic rings. The number of ether oxygens (including phenoxy) is 2. The fourth-order valence-electron chi connectivity index (χ4n) is 2.82. The molecule has 0 bridgehead atoms. The van der Waals surface area contributed by atoms with Crippen LogP contribution in [0, 0.1) is 0 Å². The average Bonchev–Trinajstić information content (AvgIpc) is 3.12. The molecule has 112 valence electrons. The van der Waals surface area contributed by atoms with Gasteiger partial charge in [-0.1, -0.05) is 0 Å². The number of aromatic amines is 1. The van der Waals surface area contributed by atoms with Gasteiger partial charge in [0.15, 0.2) is 0 Å². The zero-order valence-corrected chi connectivity index (χ0v) is 12.1. The molecule has 1 aliphatic rings. The third-order valence-electron chi connectivity index (χ3n) is 3.89. The van der Waals surface area contributed by atoms with Crippen LogP contribution < -0.4 is 0 Å². The van der Waals surface area contributed by atoms with Crippen molar-refractivity contribution in [1.82, 2.24) is 19.9 Å². The Morgan fingerprint density at radius 3 is 3.10 bits per heavy atom. The van der Waals surface area contributed by atoms with Crippen LogP contribution >= 0.6 is 0 Å². The van der Waals surface area contributed by atoms with Gasteiger partial charge in [0.25, 0.3) is 5.91 Å². The van der Waals surface area contributed by atoms with Crippen LogP contribution in [-0.4, -0.2) is 65.3 Å². The third-order valence-corrected chi connectivity index (χ3v) is 3.89. The molecule has 3 heterocycles. The molecule has 1 aliphatic heterocycles. The topological polar surface area (TPSA) is 80.3 Å². The summed E-state index contributed by atoms with van der Waals surface area (Å²) in [6, 6.07) is 1.83. The van der Waals surface area contributed by atoms with E-state index in [1.165, 1.54) is 6.33 Å². The number of aromatic nitrogens is 3. The van der Waals surface area contributed by atoms with Gasteiger partial charge in [-0.3, -0.25) is 4.79 Å². The van der Waals surface area contributed by atoms with Crippen molar-refractivity contribution in [3.05, 3.63) is 24.3 Å². The third kappa shape index (κ3) is 2.50. The number of nitrogens with one attached hydrogen (secondary N) is 1. The van der Waals surface area contributed by atoms with Crippen LogP contribution in [0.25, 0.3) is 11.0 Å². The van der Waals surface area contributed by atoms with Gasteiger partial charge >= 0.3 is 0 Å². The van der Waals surface area contributed by atoms with Crippen LogP contribution in [0.5, 0.6) is 0 Å². The summed E-state index contributed by atoms with van der Waals surface area (Å²) in [7, 11) is 3.30. The van der Waals surface area contributed by atoms with Crippen LogP contribution in [0.3, 0.4) is 0 Å². The molecule has 2 atom stereocenters. The van der Waals surface area contributed by atoms with Crippen LogP contribution in [0.15, 0.2) is 18.6 Å². The fourth-order valence-corrected chi connectivity index (χ4v) is 2.82. The summed E-state index contributed by atoms with van der Waals surface area (Å²) in [6.07, 6.45) is 3.97. The number of carbonyl (C=O) groups is 1. The first kappa shape index (κ1) is 14.0. The van der Waals surface area contributed by atoms with Crippen molar-refractivity contribution in [2.75, 3.05) is 27.4 Å². The number of H-pyrrole nitrogens is 1. The number of fused-ring (bicyclic) bond motifs is 1. The largest absolute Gasteiger partial charge is 0.383 e. The molecule has 7 nitrogen and oxygen atoms in total. The van der Waals surface area contributed by atoms with Crippen molar-refractivity contribution in [3.8, 4) is 0 Å². The fraction of sp³-hybridized carbons (Fsp3) is 0.500. The predicted molar refractivity (Wildman–Crippen MR) is 76.0 cm³/mol. The molecule has 1 fully saturated rings. The van der Waals surface area contributed by atoms with Crippen LogP contribution in [0.4, 0.5) is 0 Å². The van der Waals surface area contributed by atoms with E-state index >= 15 is 0 Å². The Bertz CT molecular complexity index is 642. The van der Waals surface area contributed by atoms with Gasteiger partial charge in [-0.15, -0.1) is 0 Å². The Morgan fingerprint density at radius 1 is 1.48 bits per heavy atom. The molecule has 0 unspecified atom stereocenters. The Kier molecular flexibility index (Phi) is 3.85. The summed E-state index contributed by atoms with van der Waals surface area (Å²) in [4.78, 5) is 25.9. The van der Waals surface area contributed by atoms with Crippen molar-refractivity contribution >= 4 is 16.9 Å². The van der Waals surface area contributed by atoms with Gasteiger partial charge in [-0.05, 0) is 12.5 Å². The second-order valence-corrected chi connectivity index (χ2v) is 5.12. The molecule has 0 radical (unpaired) electrons. The van der Waals surface area contributed by atoms with Crippen molar-refractivity contribution in [3.63, 3.8) is 0 Å². The van der Waals surface area contributed by atoms with E-state index in [1.807, 2.05) is 6.07 Å². The highest BCUT2D eigenvalue weighted by molar-refractivity contribution is 6.03. The van der Waals surface area contributed by atoms with Gasteiger partial charge < -0.3 is 19.4 Å². The lowest BCUT2D eigenvalue weighted by Gasteiger charge is -2.23. The second kappa shape index (κ2) is 5.79. The maximum absolute atomic E-state index is 12.8. The standard InChI is InChI=1S/C14H18N4O3/c1-20-7-9-5-10(21-2)6-18(9)14(19)12-11-3-4-15-13(11)17-8-16-12/h3-4,8-10H,5-7H2,1-2H3,(H,15,16,17)/t9-,10-/m0/s1. The molecule has 7 heteroatoms. The first-order chi connectivity index (χ1) is 10.2. The van der Waals surface area contributed by atoms with Gasteiger partial charge in [0.1, 0.15) is 17.7 Å². The highest BCUT2D eigenvalue weighted by Crippen LogP contribution is 2.24. The maximum atomic E-state index is 12.8. The minimum Gasteiger partial charge on any atom is -0.383 e. The summed E-state index contributed by atoms with van der Waals surface area (Å²) in [5.41, 5.74) is 1.08. The summed E-state index contributed by atoms with van der Waals surface area (Å²) < 4.78 is 10.6. The lowest BCUT2D eigenvalue weighted by atomic mass is 10.2. The zero-order chi connectivity index (χ0) is 14.8. The van der Waals surface area contributed by atoms with E-state index in [0.717, 1.165) is 11.8 Å². The summed E-state index contributed by atoms with van der Waals surface area (Å²) >= 11 is 0. The van der Waals surface area contributed by atoms with E-state index in [-0.39, 0.29) is 18.1 Å². The number of rotatable bonds is 4. The monoisotopic (exact) mass is 290 g/mol. The molecule has 21 heavy (non-hydrogen) atoms. The molecule has 0 aromatic carbocycles. The van der Waals surface area contributed by atoms with E-state index in [2.05, 4.69) is 15.0 Å². The second-order valence-electron chi connectivity index (χ2n) is 5.12. The first-order valence-electron chi connectivity index (χ1n) is 6.85. The minimum absolute atomic E-state index is 0.0106. The molecule has 0 spiro atoms. The van der Waals surface area contributed by atoms with Crippen molar-refractivity contribution < 1.29 is 14.3 Å². The molecule has 1 saturated heterocycles. The number of hydrogen-bond donors (Lipinski definition) is 1. The summed E-state index contributed by atoms with van der Waals surface area (Å²) in [5.74, 6) is -0.108. The minimum atomic E-state index is -0.108. The smallest absolute Gasteiger partial charge is 0.273 e. The van der Waals surface area contributed by atoms with Crippen molar-refractivity contribution in [2.24, 2.45) is 0 Å². The Hall–Kier alpha value is -1.99. The normalized spacial score (nSPS) is 22.1. The molecule has 2 aromatic heterocycles. The van der Waals surface area contributed by atoms with E-state index < -0.39 is 0 Å². The Labute approximate surface area is 122 Å². The van der Waals surface area contributed by atoms with Gasteiger partial charge in [0.2, 0.25) is 0 Å². The maximum Gasteiger partial charge on any atom is 0.273 e. The molecular formula is C14H18N4O3. The molecular weight excluding hydrogens is 272 g/mol. The molecule has 3 rings (SSSR count). The number of likely N-dealkylation sites (tertiary alicyclic amines) is 1. The van der Waals surface area contributed by atoms with Gasteiger partial charge in [0, 0.05) is 27.0 Å². The Balaban J connectivity index is 1.91. The number of nitrogens with zero attached hydrogens (tertiary/aromatic N) is 3. The molecule has 1 N–H and O–H groups in total. The highest BCUT2D eigenvalue weighted by atomic mass is 16.5. The zero-order valence-electron chi connectivity index (χ0n) is 12.1. The van der Waals surface area contributed by atoms with Crippen molar-refractivity contribution in [1.29, 1.82) is 0 Å². The highest BCUT2D eigenvalue weighted by Gasteiger charge is 2.36.